The van der Waals surface area contributed by atoms with Gasteiger partial charge in [-0.25, -0.2) is 4.79 Å². The molecule has 4 atom stereocenters. The van der Waals surface area contributed by atoms with Crippen molar-refractivity contribution in [3.05, 3.63) is 24.1 Å². The SMILES string of the molecule is C=C(O[Si](C)(C)C(C)(C)C)[C@H]1C=C(N2CCOC2=O)[C@H]2CCCC[C@@H]2[C@H]1C=O. The van der Waals surface area contributed by atoms with Gasteiger partial charge in [0.25, 0.3) is 0 Å². The molecule has 0 aromatic heterocycles. The zero-order valence-corrected chi connectivity index (χ0v) is 19.0. The van der Waals surface area contributed by atoms with Gasteiger partial charge in [0.2, 0.25) is 8.32 Å². The zero-order valence-electron chi connectivity index (χ0n) is 18.0. The summed E-state index contributed by atoms with van der Waals surface area (Å²) in [6.45, 7) is 16.3. The minimum absolute atomic E-state index is 0.0555. The van der Waals surface area contributed by atoms with Crippen molar-refractivity contribution in [3.63, 3.8) is 0 Å². The number of nitrogens with zero attached hydrogens (tertiary/aromatic N) is 1. The van der Waals surface area contributed by atoms with Crippen molar-refractivity contribution in [1.82, 2.24) is 4.90 Å². The Balaban J connectivity index is 1.96. The van der Waals surface area contributed by atoms with Crippen molar-refractivity contribution < 1.29 is 18.8 Å². The number of allylic oxidation sites excluding steroid dienone is 2. The highest BCUT2D eigenvalue weighted by Crippen LogP contribution is 2.49. The summed E-state index contributed by atoms with van der Waals surface area (Å²) < 4.78 is 11.7. The first-order chi connectivity index (χ1) is 13.1. The predicted molar refractivity (Wildman–Crippen MR) is 112 cm³/mol. The molecule has 6 heteroatoms. The molecule has 0 radical (unpaired) electrons. The molecule has 1 saturated carbocycles. The largest absolute Gasteiger partial charge is 0.546 e. The number of ether oxygens (including phenoxy) is 1. The van der Waals surface area contributed by atoms with Crippen molar-refractivity contribution in [2.75, 3.05) is 13.2 Å². The van der Waals surface area contributed by atoms with Crippen LogP contribution in [0.25, 0.3) is 0 Å². The molecule has 1 aliphatic heterocycles. The van der Waals surface area contributed by atoms with Crippen molar-refractivity contribution in [2.24, 2.45) is 23.7 Å². The fourth-order valence-corrected chi connectivity index (χ4v) is 5.73. The smallest absolute Gasteiger partial charge is 0.414 e. The maximum atomic E-state index is 12.3. The molecule has 1 heterocycles. The summed E-state index contributed by atoms with van der Waals surface area (Å²) in [6.07, 6.45) is 7.22. The van der Waals surface area contributed by atoms with E-state index in [4.69, 9.17) is 9.16 Å². The molecule has 0 N–H and O–H groups in total. The van der Waals surface area contributed by atoms with Crippen LogP contribution in [0.3, 0.4) is 0 Å². The van der Waals surface area contributed by atoms with E-state index in [1.54, 1.807) is 4.90 Å². The summed E-state index contributed by atoms with van der Waals surface area (Å²) in [5.41, 5.74) is 1.02. The molecular formula is C22H35NO4Si. The molecule has 0 bridgehead atoms. The molecule has 0 spiro atoms. The molecule has 28 heavy (non-hydrogen) atoms. The fraction of sp³-hybridized carbons (Fsp3) is 0.727. The van der Waals surface area contributed by atoms with Gasteiger partial charge < -0.3 is 14.0 Å². The first-order valence-corrected chi connectivity index (χ1v) is 13.5. The molecule has 5 nitrogen and oxygen atoms in total. The predicted octanol–water partition coefficient (Wildman–Crippen LogP) is 5.11. The topological polar surface area (TPSA) is 55.8 Å². The van der Waals surface area contributed by atoms with Crippen LogP contribution in [0.1, 0.15) is 46.5 Å². The van der Waals surface area contributed by atoms with Crippen LogP contribution in [0.15, 0.2) is 24.1 Å². The average molecular weight is 406 g/mol. The number of cyclic esters (lactones) is 1. The van der Waals surface area contributed by atoms with Gasteiger partial charge in [0.1, 0.15) is 12.9 Å². The lowest BCUT2D eigenvalue weighted by atomic mass is 9.63. The van der Waals surface area contributed by atoms with Crippen LogP contribution in [-0.4, -0.2) is 38.7 Å². The highest BCUT2D eigenvalue weighted by atomic mass is 28.4. The van der Waals surface area contributed by atoms with Crippen LogP contribution in [-0.2, 0) is 14.0 Å². The van der Waals surface area contributed by atoms with Gasteiger partial charge >= 0.3 is 6.09 Å². The number of hydrogen-bond donors (Lipinski definition) is 0. The van der Waals surface area contributed by atoms with Gasteiger partial charge in [-0.1, -0.05) is 46.3 Å². The lowest BCUT2D eigenvalue weighted by molar-refractivity contribution is -0.115. The Labute approximate surface area is 170 Å². The van der Waals surface area contributed by atoms with E-state index in [-0.39, 0.29) is 34.8 Å². The van der Waals surface area contributed by atoms with E-state index in [1.165, 1.54) is 0 Å². The molecule has 2 fully saturated rings. The standard InChI is InChI=1S/C22H35NO4Si/c1-15(27-28(5,6)22(2,3)4)18-13-20(23-11-12-26-21(23)25)17-10-8-7-9-16(17)19(18)14-24/h13-14,16-19H,1,7-12H2,2-6H3/t16-,17-,18+,19+/m0/s1. The Morgan fingerprint density at radius 3 is 2.57 bits per heavy atom. The molecule has 0 unspecified atom stereocenters. The third-order valence-electron chi connectivity index (χ3n) is 7.25. The van der Waals surface area contributed by atoms with E-state index in [1.807, 2.05) is 0 Å². The van der Waals surface area contributed by atoms with Gasteiger partial charge in [0, 0.05) is 23.5 Å². The molecule has 1 saturated heterocycles. The molecule has 0 aromatic rings. The highest BCUT2D eigenvalue weighted by Gasteiger charge is 2.47. The second kappa shape index (κ2) is 7.69. The number of carbonyl (C=O) groups excluding carboxylic acids is 2. The normalized spacial score (nSPS) is 31.0. The monoisotopic (exact) mass is 405 g/mol. The van der Waals surface area contributed by atoms with Crippen LogP contribution in [0.2, 0.25) is 18.1 Å². The van der Waals surface area contributed by atoms with E-state index >= 15 is 0 Å². The van der Waals surface area contributed by atoms with Crippen LogP contribution < -0.4 is 0 Å². The molecule has 1 amide bonds. The van der Waals surface area contributed by atoms with Crippen LogP contribution in [0, 0.1) is 23.7 Å². The summed E-state index contributed by atoms with van der Waals surface area (Å²) in [5.74, 6) is 0.841. The molecule has 0 aromatic carbocycles. The minimum Gasteiger partial charge on any atom is -0.546 e. The molecule has 3 aliphatic rings. The Kier molecular flexibility index (Phi) is 5.81. The van der Waals surface area contributed by atoms with E-state index in [9.17, 15) is 9.59 Å². The maximum absolute atomic E-state index is 12.3. The van der Waals surface area contributed by atoms with Crippen LogP contribution in [0.4, 0.5) is 4.79 Å². The van der Waals surface area contributed by atoms with E-state index < -0.39 is 8.32 Å². The number of hydrogen-bond acceptors (Lipinski definition) is 4. The quantitative estimate of drug-likeness (QED) is 0.362. The summed E-state index contributed by atoms with van der Waals surface area (Å²) in [4.78, 5) is 26.2. The Hall–Kier alpha value is -1.56. The Morgan fingerprint density at radius 2 is 2.00 bits per heavy atom. The number of carbonyl (C=O) groups is 2. The van der Waals surface area contributed by atoms with Crippen molar-refractivity contribution in [1.29, 1.82) is 0 Å². The molecule has 2 aliphatic carbocycles. The molecular weight excluding hydrogens is 370 g/mol. The van der Waals surface area contributed by atoms with E-state index in [2.05, 4.69) is 46.5 Å². The first-order valence-electron chi connectivity index (χ1n) is 10.6. The summed E-state index contributed by atoms with van der Waals surface area (Å²) in [5, 5.41) is 0.0555. The lowest BCUT2D eigenvalue weighted by Gasteiger charge is -2.46. The third-order valence-corrected chi connectivity index (χ3v) is 11.6. The van der Waals surface area contributed by atoms with Gasteiger partial charge in [-0.05, 0) is 36.9 Å². The summed E-state index contributed by atoms with van der Waals surface area (Å²) in [6, 6.07) is 0. The van der Waals surface area contributed by atoms with Gasteiger partial charge in [-0.15, -0.1) is 0 Å². The Morgan fingerprint density at radius 1 is 1.32 bits per heavy atom. The zero-order chi connectivity index (χ0) is 20.7. The maximum Gasteiger partial charge on any atom is 0.414 e. The van der Waals surface area contributed by atoms with Gasteiger partial charge in [0.15, 0.2) is 0 Å². The lowest BCUT2D eigenvalue weighted by Crippen LogP contribution is -2.45. The van der Waals surface area contributed by atoms with Gasteiger partial charge in [0.05, 0.1) is 12.3 Å². The van der Waals surface area contributed by atoms with Crippen molar-refractivity contribution >= 4 is 20.7 Å². The van der Waals surface area contributed by atoms with E-state index in [0.717, 1.165) is 37.7 Å². The second-order valence-corrected chi connectivity index (χ2v) is 14.7. The number of aldehydes is 1. The number of amides is 1. The Bertz CT molecular complexity index is 679. The average Bonchev–Trinajstić information content (AvgIpc) is 3.04. The van der Waals surface area contributed by atoms with Gasteiger partial charge in [-0.3, -0.25) is 4.90 Å². The summed E-state index contributed by atoms with van der Waals surface area (Å²) in [7, 11) is -2.05. The summed E-state index contributed by atoms with van der Waals surface area (Å²) >= 11 is 0. The first kappa shape index (κ1) is 21.2. The third kappa shape index (κ3) is 3.80. The minimum atomic E-state index is -2.05. The van der Waals surface area contributed by atoms with Crippen molar-refractivity contribution in [3.8, 4) is 0 Å². The fourth-order valence-electron chi connectivity index (χ4n) is 4.63. The number of fused-ring (bicyclic) bond motifs is 1. The highest BCUT2D eigenvalue weighted by molar-refractivity contribution is 6.74. The van der Waals surface area contributed by atoms with Gasteiger partial charge in [-0.2, -0.15) is 0 Å². The second-order valence-electron chi connectivity index (χ2n) is 9.98. The molecule has 156 valence electrons. The number of rotatable bonds is 5. The van der Waals surface area contributed by atoms with Crippen molar-refractivity contribution in [2.45, 2.75) is 64.6 Å². The van der Waals surface area contributed by atoms with Crippen LogP contribution in [0.5, 0.6) is 0 Å². The molecule has 3 rings (SSSR count). The van der Waals surface area contributed by atoms with Crippen LogP contribution >= 0.6 is 0 Å². The van der Waals surface area contributed by atoms with E-state index in [0.29, 0.717) is 18.9 Å².